The molecule has 3 aromatic rings. The van der Waals surface area contributed by atoms with E-state index in [9.17, 15) is 4.79 Å². The van der Waals surface area contributed by atoms with Crippen LogP contribution in [-0.2, 0) is 4.79 Å². The van der Waals surface area contributed by atoms with Gasteiger partial charge in [0.1, 0.15) is 0 Å². The fourth-order valence-electron chi connectivity index (χ4n) is 2.54. The van der Waals surface area contributed by atoms with Gasteiger partial charge in [0.15, 0.2) is 0 Å². The monoisotopic (exact) mass is 318 g/mol. The van der Waals surface area contributed by atoms with Crippen molar-refractivity contribution in [2.75, 3.05) is 0 Å². The third-order valence-electron chi connectivity index (χ3n) is 3.74. The number of thioether (sulfide) groups is 1. The minimum Gasteiger partial charge on any atom is -0.286 e. The Hall–Kier alpha value is -2.32. The lowest BCUT2D eigenvalue weighted by atomic mass is 9.92. The molecular formula is C21H18OS. The van der Waals surface area contributed by atoms with E-state index in [0.717, 1.165) is 16.0 Å². The third-order valence-corrected chi connectivity index (χ3v) is 4.69. The van der Waals surface area contributed by atoms with Gasteiger partial charge in [-0.3, -0.25) is 4.79 Å². The van der Waals surface area contributed by atoms with Crippen LogP contribution in [0.1, 0.15) is 22.6 Å². The number of hydrogen-bond donors (Lipinski definition) is 0. The van der Waals surface area contributed by atoms with Crippen LogP contribution in [0.25, 0.3) is 0 Å². The molecule has 0 aliphatic rings. The highest BCUT2D eigenvalue weighted by atomic mass is 32.2. The van der Waals surface area contributed by atoms with Crippen molar-refractivity contribution in [2.45, 2.75) is 17.7 Å². The molecule has 0 bridgehead atoms. The van der Waals surface area contributed by atoms with Crippen molar-refractivity contribution in [1.29, 1.82) is 0 Å². The van der Waals surface area contributed by atoms with Gasteiger partial charge in [0.05, 0.1) is 5.92 Å². The van der Waals surface area contributed by atoms with Gasteiger partial charge in [0, 0.05) is 4.90 Å². The molecular weight excluding hydrogens is 300 g/mol. The fourth-order valence-corrected chi connectivity index (χ4v) is 3.43. The highest BCUT2D eigenvalue weighted by molar-refractivity contribution is 8.13. The smallest absolute Gasteiger partial charge is 0.205 e. The second kappa shape index (κ2) is 7.30. The van der Waals surface area contributed by atoms with E-state index in [2.05, 4.69) is 0 Å². The molecule has 0 saturated carbocycles. The SMILES string of the molecule is Cc1ccc(SC(=O)C(c2ccccc2)c2ccccc2)cc1. The van der Waals surface area contributed by atoms with E-state index < -0.39 is 0 Å². The summed E-state index contributed by atoms with van der Waals surface area (Å²) in [7, 11) is 0. The lowest BCUT2D eigenvalue weighted by Gasteiger charge is -2.16. The van der Waals surface area contributed by atoms with Gasteiger partial charge in [-0.2, -0.15) is 0 Å². The summed E-state index contributed by atoms with van der Waals surface area (Å²) in [5.74, 6) is -0.247. The highest BCUT2D eigenvalue weighted by Crippen LogP contribution is 2.33. The summed E-state index contributed by atoms with van der Waals surface area (Å²) in [6.45, 7) is 2.05. The largest absolute Gasteiger partial charge is 0.286 e. The van der Waals surface area contributed by atoms with Crippen LogP contribution >= 0.6 is 11.8 Å². The molecule has 0 saturated heterocycles. The molecule has 0 aliphatic carbocycles. The number of carbonyl (C=O) groups excluding carboxylic acids is 1. The normalized spacial score (nSPS) is 10.7. The number of benzene rings is 3. The van der Waals surface area contributed by atoms with Crippen molar-refractivity contribution in [3.05, 3.63) is 102 Å². The Kier molecular flexibility index (Phi) is 4.94. The number of rotatable bonds is 4. The Morgan fingerprint density at radius 1 is 0.739 bits per heavy atom. The average molecular weight is 318 g/mol. The van der Waals surface area contributed by atoms with Crippen molar-refractivity contribution < 1.29 is 4.79 Å². The molecule has 0 aliphatic heterocycles. The van der Waals surface area contributed by atoms with Crippen molar-refractivity contribution in [3.63, 3.8) is 0 Å². The Bertz CT molecular complexity index is 724. The Morgan fingerprint density at radius 2 is 1.22 bits per heavy atom. The lowest BCUT2D eigenvalue weighted by molar-refractivity contribution is -0.111. The van der Waals surface area contributed by atoms with Gasteiger partial charge < -0.3 is 0 Å². The predicted molar refractivity (Wildman–Crippen MR) is 96.8 cm³/mol. The van der Waals surface area contributed by atoms with Crippen molar-refractivity contribution in [1.82, 2.24) is 0 Å². The molecule has 0 atom stereocenters. The Labute approximate surface area is 141 Å². The van der Waals surface area contributed by atoms with E-state index in [0.29, 0.717) is 0 Å². The summed E-state index contributed by atoms with van der Waals surface area (Å²) in [5.41, 5.74) is 3.26. The third kappa shape index (κ3) is 3.91. The van der Waals surface area contributed by atoms with Crippen LogP contribution in [0.15, 0.2) is 89.8 Å². The molecule has 0 unspecified atom stereocenters. The van der Waals surface area contributed by atoms with Gasteiger partial charge in [-0.15, -0.1) is 0 Å². The molecule has 0 amide bonds. The zero-order chi connectivity index (χ0) is 16.1. The summed E-state index contributed by atoms with van der Waals surface area (Å²) in [4.78, 5) is 13.9. The predicted octanol–water partition coefficient (Wildman–Crippen LogP) is 5.45. The van der Waals surface area contributed by atoms with Gasteiger partial charge >= 0.3 is 0 Å². The first-order valence-electron chi connectivity index (χ1n) is 7.62. The molecule has 2 heteroatoms. The van der Waals surface area contributed by atoms with Gasteiger partial charge in [-0.25, -0.2) is 0 Å². The number of carbonyl (C=O) groups is 1. The fraction of sp³-hybridized carbons (Fsp3) is 0.0952. The minimum atomic E-state index is -0.247. The van der Waals surface area contributed by atoms with Gasteiger partial charge in [0.2, 0.25) is 5.12 Å². The lowest BCUT2D eigenvalue weighted by Crippen LogP contribution is -2.10. The second-order valence-corrected chi connectivity index (χ2v) is 6.57. The molecule has 1 nitrogen and oxygen atoms in total. The summed E-state index contributed by atoms with van der Waals surface area (Å²) in [5, 5.41) is 0.145. The van der Waals surface area contributed by atoms with E-state index >= 15 is 0 Å². The molecule has 0 aromatic heterocycles. The molecule has 3 aromatic carbocycles. The van der Waals surface area contributed by atoms with Crippen LogP contribution in [0.4, 0.5) is 0 Å². The first-order valence-corrected chi connectivity index (χ1v) is 8.44. The van der Waals surface area contributed by atoms with E-state index in [1.165, 1.54) is 17.3 Å². The second-order valence-electron chi connectivity index (χ2n) is 5.49. The van der Waals surface area contributed by atoms with E-state index in [-0.39, 0.29) is 11.0 Å². The molecule has 0 N–H and O–H groups in total. The van der Waals surface area contributed by atoms with Crippen molar-refractivity contribution >= 4 is 16.9 Å². The van der Waals surface area contributed by atoms with Crippen molar-refractivity contribution in [3.8, 4) is 0 Å². The molecule has 114 valence electrons. The molecule has 0 fully saturated rings. The molecule has 0 spiro atoms. The first-order chi connectivity index (χ1) is 11.2. The van der Waals surface area contributed by atoms with Gasteiger partial charge in [0.25, 0.3) is 0 Å². The van der Waals surface area contributed by atoms with Gasteiger partial charge in [-0.05, 0) is 30.2 Å². The summed E-state index contributed by atoms with van der Waals surface area (Å²) < 4.78 is 0. The molecule has 23 heavy (non-hydrogen) atoms. The first kappa shape index (κ1) is 15.6. The van der Waals surface area contributed by atoms with Crippen LogP contribution < -0.4 is 0 Å². The van der Waals surface area contributed by atoms with E-state index in [1.807, 2.05) is 91.9 Å². The number of hydrogen-bond acceptors (Lipinski definition) is 2. The maximum Gasteiger partial charge on any atom is 0.205 e. The quantitative estimate of drug-likeness (QED) is 0.595. The maximum atomic E-state index is 13.0. The van der Waals surface area contributed by atoms with Crippen LogP contribution in [0.5, 0.6) is 0 Å². The van der Waals surface area contributed by atoms with Crippen molar-refractivity contribution in [2.24, 2.45) is 0 Å². The van der Waals surface area contributed by atoms with Gasteiger partial charge in [-0.1, -0.05) is 90.1 Å². The zero-order valence-corrected chi connectivity index (χ0v) is 13.8. The highest BCUT2D eigenvalue weighted by Gasteiger charge is 2.23. The summed E-state index contributed by atoms with van der Waals surface area (Å²) in [6, 6.07) is 28.0. The van der Waals surface area contributed by atoms with Crippen LogP contribution in [0.2, 0.25) is 0 Å². The molecule has 3 rings (SSSR count). The Balaban J connectivity index is 1.92. The average Bonchev–Trinajstić information content (AvgIpc) is 2.59. The summed E-state index contributed by atoms with van der Waals surface area (Å²) in [6.07, 6.45) is 0. The standard InChI is InChI=1S/C21H18OS/c1-16-12-14-19(15-13-16)23-21(22)20(17-8-4-2-5-9-17)18-10-6-3-7-11-18/h2-15,20H,1H3. The maximum absolute atomic E-state index is 13.0. The number of aryl methyl sites for hydroxylation is 1. The van der Waals surface area contributed by atoms with Crippen LogP contribution in [0, 0.1) is 6.92 Å². The topological polar surface area (TPSA) is 17.1 Å². The molecule has 0 radical (unpaired) electrons. The molecule has 0 heterocycles. The van der Waals surface area contributed by atoms with E-state index in [4.69, 9.17) is 0 Å². The minimum absolute atomic E-state index is 0.145. The zero-order valence-electron chi connectivity index (χ0n) is 13.0. The van der Waals surface area contributed by atoms with Crippen LogP contribution in [-0.4, -0.2) is 5.12 Å². The Morgan fingerprint density at radius 3 is 1.70 bits per heavy atom. The summed E-state index contributed by atoms with van der Waals surface area (Å²) >= 11 is 1.31. The van der Waals surface area contributed by atoms with E-state index in [1.54, 1.807) is 0 Å². The van der Waals surface area contributed by atoms with Crippen LogP contribution in [0.3, 0.4) is 0 Å².